The molecule has 3 aromatic rings. The summed E-state index contributed by atoms with van der Waals surface area (Å²) in [6.45, 7) is 0. The van der Waals surface area contributed by atoms with Gasteiger partial charge in [0.2, 0.25) is 0 Å². The normalized spacial score (nSPS) is 12.9. The van der Waals surface area contributed by atoms with Crippen molar-refractivity contribution in [2.24, 2.45) is 0 Å². The monoisotopic (exact) mass is 274 g/mol. The van der Waals surface area contributed by atoms with Gasteiger partial charge in [-0.15, -0.1) is 11.3 Å². The van der Waals surface area contributed by atoms with Gasteiger partial charge in [-0.05, 0) is 51.2 Å². The third kappa shape index (κ3) is 2.48. The summed E-state index contributed by atoms with van der Waals surface area (Å²) in [5.74, 6) is 0. The molecule has 92 valence electrons. The zero-order valence-electron chi connectivity index (χ0n) is 9.87. The van der Waals surface area contributed by atoms with Crippen LogP contribution in [0.25, 0.3) is 10.1 Å². The first-order valence-corrected chi connectivity index (χ1v) is 7.79. The molecule has 1 atom stereocenters. The van der Waals surface area contributed by atoms with Crippen LogP contribution in [0.15, 0.2) is 46.5 Å². The lowest BCUT2D eigenvalue weighted by molar-refractivity contribution is 0.176. The van der Waals surface area contributed by atoms with Gasteiger partial charge in [0.15, 0.2) is 0 Å². The lowest BCUT2D eigenvalue weighted by atomic mass is 10.0. The maximum atomic E-state index is 10.2. The van der Waals surface area contributed by atoms with Crippen LogP contribution in [0, 0.1) is 0 Å². The summed E-state index contributed by atoms with van der Waals surface area (Å²) in [4.78, 5) is 0. The number of thiophene rings is 2. The fourth-order valence-electron chi connectivity index (χ4n) is 2.20. The number of rotatable bonds is 4. The van der Waals surface area contributed by atoms with Crippen LogP contribution < -0.4 is 0 Å². The van der Waals surface area contributed by atoms with Gasteiger partial charge in [0.25, 0.3) is 0 Å². The lowest BCUT2D eigenvalue weighted by Gasteiger charge is -2.08. The van der Waals surface area contributed by atoms with Crippen LogP contribution in [0.3, 0.4) is 0 Å². The van der Waals surface area contributed by atoms with Crippen LogP contribution in [0.2, 0.25) is 0 Å². The molecule has 3 rings (SSSR count). The van der Waals surface area contributed by atoms with Crippen molar-refractivity contribution >= 4 is 32.8 Å². The van der Waals surface area contributed by atoms with Crippen molar-refractivity contribution in [2.45, 2.75) is 18.9 Å². The van der Waals surface area contributed by atoms with Gasteiger partial charge in [-0.3, -0.25) is 0 Å². The summed E-state index contributed by atoms with van der Waals surface area (Å²) < 4.78 is 1.30. The Kier molecular flexibility index (Phi) is 3.46. The van der Waals surface area contributed by atoms with E-state index in [1.54, 1.807) is 22.7 Å². The van der Waals surface area contributed by atoms with Gasteiger partial charge in [-0.2, -0.15) is 11.3 Å². The van der Waals surface area contributed by atoms with Gasteiger partial charge in [-0.25, -0.2) is 0 Å². The van der Waals surface area contributed by atoms with Crippen molar-refractivity contribution in [2.75, 3.05) is 0 Å². The second-order valence-corrected chi connectivity index (χ2v) is 6.14. The van der Waals surface area contributed by atoms with Gasteiger partial charge in [0.1, 0.15) is 0 Å². The number of benzene rings is 1. The summed E-state index contributed by atoms with van der Waals surface area (Å²) in [7, 11) is 0. The minimum Gasteiger partial charge on any atom is -0.392 e. The van der Waals surface area contributed by atoms with Gasteiger partial charge in [0, 0.05) is 11.1 Å². The highest BCUT2D eigenvalue weighted by atomic mass is 32.1. The van der Waals surface area contributed by atoms with E-state index >= 15 is 0 Å². The largest absolute Gasteiger partial charge is 0.392 e. The molecule has 0 bridgehead atoms. The predicted octanol–water partition coefficient (Wildman–Crippen LogP) is 4.11. The van der Waals surface area contributed by atoms with Crippen LogP contribution in [0.5, 0.6) is 0 Å². The van der Waals surface area contributed by atoms with Crippen LogP contribution in [-0.2, 0) is 12.8 Å². The van der Waals surface area contributed by atoms with E-state index in [2.05, 4.69) is 46.5 Å². The Labute approximate surface area is 114 Å². The molecule has 1 N–H and O–H groups in total. The first-order valence-electron chi connectivity index (χ1n) is 5.97. The van der Waals surface area contributed by atoms with Crippen LogP contribution >= 0.6 is 22.7 Å². The molecule has 0 spiro atoms. The van der Waals surface area contributed by atoms with Crippen molar-refractivity contribution in [3.8, 4) is 0 Å². The zero-order valence-corrected chi connectivity index (χ0v) is 11.5. The third-order valence-electron chi connectivity index (χ3n) is 3.07. The number of fused-ring (bicyclic) bond motifs is 1. The van der Waals surface area contributed by atoms with Crippen molar-refractivity contribution in [1.29, 1.82) is 0 Å². The number of aliphatic hydroxyl groups is 1. The Balaban J connectivity index is 1.76. The van der Waals surface area contributed by atoms with E-state index in [0.717, 1.165) is 12.8 Å². The van der Waals surface area contributed by atoms with E-state index in [0.29, 0.717) is 0 Å². The minimum atomic E-state index is -0.294. The first kappa shape index (κ1) is 11.9. The molecule has 0 aliphatic carbocycles. The number of aliphatic hydroxyl groups excluding tert-OH is 1. The second-order valence-electron chi connectivity index (χ2n) is 4.45. The van der Waals surface area contributed by atoms with Crippen molar-refractivity contribution < 1.29 is 5.11 Å². The smallest absolute Gasteiger partial charge is 0.0621 e. The molecule has 0 saturated heterocycles. The molecule has 2 aromatic heterocycles. The topological polar surface area (TPSA) is 20.2 Å². The molecule has 1 nitrogen and oxygen atoms in total. The van der Waals surface area contributed by atoms with Crippen molar-refractivity contribution in [1.82, 2.24) is 0 Å². The number of hydrogen-bond donors (Lipinski definition) is 1. The van der Waals surface area contributed by atoms with E-state index in [1.165, 1.54) is 21.2 Å². The van der Waals surface area contributed by atoms with Gasteiger partial charge < -0.3 is 5.11 Å². The summed E-state index contributed by atoms with van der Waals surface area (Å²) in [5, 5.41) is 17.8. The third-order valence-corrected chi connectivity index (χ3v) is 4.81. The minimum absolute atomic E-state index is 0.294. The van der Waals surface area contributed by atoms with Gasteiger partial charge >= 0.3 is 0 Å². The fourth-order valence-corrected chi connectivity index (χ4v) is 3.85. The summed E-state index contributed by atoms with van der Waals surface area (Å²) in [6.07, 6.45) is 1.19. The second kappa shape index (κ2) is 5.22. The molecule has 0 aliphatic rings. The maximum Gasteiger partial charge on any atom is 0.0621 e. The van der Waals surface area contributed by atoms with E-state index in [1.807, 2.05) is 0 Å². The predicted molar refractivity (Wildman–Crippen MR) is 79.6 cm³/mol. The summed E-state index contributed by atoms with van der Waals surface area (Å²) in [5.41, 5.74) is 2.49. The van der Waals surface area contributed by atoms with E-state index in [4.69, 9.17) is 0 Å². The Bertz CT molecular complexity index is 625. The van der Waals surface area contributed by atoms with Crippen LogP contribution in [0.1, 0.15) is 11.1 Å². The molecule has 18 heavy (non-hydrogen) atoms. The fraction of sp³-hybridized carbons (Fsp3) is 0.200. The molecule has 1 aromatic carbocycles. The van der Waals surface area contributed by atoms with Crippen molar-refractivity contribution in [3.05, 3.63) is 57.6 Å². The molecule has 0 saturated carbocycles. The summed E-state index contributed by atoms with van der Waals surface area (Å²) >= 11 is 3.44. The Morgan fingerprint density at radius 1 is 1.06 bits per heavy atom. The van der Waals surface area contributed by atoms with Crippen molar-refractivity contribution in [3.63, 3.8) is 0 Å². The molecular weight excluding hydrogens is 260 g/mol. The quantitative estimate of drug-likeness (QED) is 0.759. The highest BCUT2D eigenvalue weighted by Gasteiger charge is 2.10. The van der Waals surface area contributed by atoms with E-state index in [-0.39, 0.29) is 6.10 Å². The average molecular weight is 274 g/mol. The van der Waals surface area contributed by atoms with Gasteiger partial charge in [0.05, 0.1) is 6.10 Å². The Morgan fingerprint density at radius 3 is 2.78 bits per heavy atom. The standard InChI is InChI=1S/C15H14OS2/c16-13(7-11-5-6-17-9-11)8-12-10-18-15-4-2-1-3-14(12)15/h1-6,9-10,13,16H,7-8H2. The molecule has 2 heterocycles. The molecule has 0 radical (unpaired) electrons. The average Bonchev–Trinajstić information content (AvgIpc) is 3.00. The molecule has 3 heteroatoms. The first-order chi connectivity index (χ1) is 8.83. The number of hydrogen-bond acceptors (Lipinski definition) is 3. The van der Waals surface area contributed by atoms with Crippen LogP contribution in [0.4, 0.5) is 0 Å². The highest BCUT2D eigenvalue weighted by molar-refractivity contribution is 7.17. The molecule has 0 amide bonds. The SMILES string of the molecule is OC(Cc1ccsc1)Cc1csc2ccccc12. The molecule has 1 unspecified atom stereocenters. The Morgan fingerprint density at radius 2 is 1.94 bits per heavy atom. The molecule has 0 aliphatic heterocycles. The van der Waals surface area contributed by atoms with Crippen LogP contribution in [-0.4, -0.2) is 11.2 Å². The summed E-state index contributed by atoms with van der Waals surface area (Å²) in [6, 6.07) is 10.5. The maximum absolute atomic E-state index is 10.2. The highest BCUT2D eigenvalue weighted by Crippen LogP contribution is 2.27. The van der Waals surface area contributed by atoms with E-state index in [9.17, 15) is 5.11 Å². The molecule has 0 fully saturated rings. The lowest BCUT2D eigenvalue weighted by Crippen LogP contribution is -2.13. The Hall–Kier alpha value is -1.16. The zero-order chi connectivity index (χ0) is 12.4. The van der Waals surface area contributed by atoms with Gasteiger partial charge in [-0.1, -0.05) is 18.2 Å². The van der Waals surface area contributed by atoms with E-state index < -0.39 is 0 Å². The molecular formula is C15H14OS2.